The average Bonchev–Trinajstić information content (AvgIpc) is 2.74. The molecule has 0 aliphatic heterocycles. The van der Waals surface area contributed by atoms with Crippen molar-refractivity contribution in [3.63, 3.8) is 0 Å². The molecule has 0 aromatic heterocycles. The van der Waals surface area contributed by atoms with Crippen molar-refractivity contribution in [1.82, 2.24) is 0 Å². The van der Waals surface area contributed by atoms with E-state index in [1.165, 1.54) is 30.4 Å². The number of rotatable bonds is 5. The van der Waals surface area contributed by atoms with E-state index in [1.54, 1.807) is 0 Å². The van der Waals surface area contributed by atoms with Crippen molar-refractivity contribution in [2.24, 2.45) is 11.1 Å². The van der Waals surface area contributed by atoms with Crippen LogP contribution in [0.2, 0.25) is 0 Å². The van der Waals surface area contributed by atoms with Gasteiger partial charge in [0.2, 0.25) is 0 Å². The van der Waals surface area contributed by atoms with Crippen molar-refractivity contribution in [2.75, 3.05) is 6.54 Å². The first-order valence-electron chi connectivity index (χ1n) is 6.64. The summed E-state index contributed by atoms with van der Waals surface area (Å²) in [5, 5.41) is 9.18. The number of benzene rings is 1. The van der Waals surface area contributed by atoms with Gasteiger partial charge in [-0.25, -0.2) is 0 Å². The molecule has 94 valence electrons. The summed E-state index contributed by atoms with van der Waals surface area (Å²) in [6, 6.07) is 6.42. The molecule has 0 radical (unpaired) electrons. The molecule has 1 aliphatic carbocycles. The van der Waals surface area contributed by atoms with E-state index in [4.69, 9.17) is 5.73 Å². The van der Waals surface area contributed by atoms with Gasteiger partial charge in [-0.05, 0) is 60.8 Å². The molecule has 0 bridgehead atoms. The Morgan fingerprint density at radius 2 is 2.06 bits per heavy atom. The van der Waals surface area contributed by atoms with Crippen molar-refractivity contribution in [3.8, 4) is 0 Å². The average molecular weight is 233 g/mol. The standard InChI is InChI=1S/C15H23NO/c1-2-15(6-3-7-16)9-13-5-4-12(11-17)8-14(13)10-15/h4-5,8,17H,2-3,6-7,9-11,16H2,1H3. The Morgan fingerprint density at radius 3 is 2.71 bits per heavy atom. The minimum atomic E-state index is 0.148. The van der Waals surface area contributed by atoms with E-state index in [0.29, 0.717) is 5.41 Å². The van der Waals surface area contributed by atoms with E-state index < -0.39 is 0 Å². The van der Waals surface area contributed by atoms with Gasteiger partial charge in [-0.15, -0.1) is 0 Å². The van der Waals surface area contributed by atoms with Crippen molar-refractivity contribution >= 4 is 0 Å². The van der Waals surface area contributed by atoms with E-state index in [0.717, 1.165) is 24.9 Å². The Hall–Kier alpha value is -0.860. The molecular formula is C15H23NO. The van der Waals surface area contributed by atoms with Gasteiger partial charge in [0.15, 0.2) is 0 Å². The molecule has 1 aliphatic rings. The molecule has 0 spiro atoms. The zero-order chi connectivity index (χ0) is 12.3. The van der Waals surface area contributed by atoms with Crippen LogP contribution in [-0.4, -0.2) is 11.7 Å². The lowest BCUT2D eigenvalue weighted by Gasteiger charge is -2.27. The van der Waals surface area contributed by atoms with Crippen LogP contribution in [0.15, 0.2) is 18.2 Å². The van der Waals surface area contributed by atoms with Crippen LogP contribution in [0.4, 0.5) is 0 Å². The highest BCUT2D eigenvalue weighted by atomic mass is 16.3. The van der Waals surface area contributed by atoms with E-state index >= 15 is 0 Å². The predicted molar refractivity (Wildman–Crippen MR) is 70.8 cm³/mol. The molecule has 3 N–H and O–H groups in total. The minimum Gasteiger partial charge on any atom is -0.392 e. The fourth-order valence-corrected chi connectivity index (χ4v) is 3.07. The normalized spacial score (nSPS) is 22.8. The number of hydrogen-bond donors (Lipinski definition) is 2. The topological polar surface area (TPSA) is 46.2 Å². The van der Waals surface area contributed by atoms with Crippen LogP contribution in [-0.2, 0) is 19.4 Å². The number of nitrogens with two attached hydrogens (primary N) is 1. The van der Waals surface area contributed by atoms with E-state index in [2.05, 4.69) is 19.1 Å². The first-order valence-corrected chi connectivity index (χ1v) is 6.64. The van der Waals surface area contributed by atoms with Gasteiger partial charge < -0.3 is 10.8 Å². The van der Waals surface area contributed by atoms with Gasteiger partial charge in [0.1, 0.15) is 0 Å². The molecule has 1 atom stereocenters. The fourth-order valence-electron chi connectivity index (χ4n) is 3.07. The van der Waals surface area contributed by atoms with E-state index in [-0.39, 0.29) is 6.61 Å². The number of fused-ring (bicyclic) bond motifs is 1. The molecule has 0 heterocycles. The van der Waals surface area contributed by atoms with Gasteiger partial charge in [0.25, 0.3) is 0 Å². The Labute approximate surface area is 104 Å². The molecular weight excluding hydrogens is 210 g/mol. The molecule has 17 heavy (non-hydrogen) atoms. The van der Waals surface area contributed by atoms with Gasteiger partial charge in [0, 0.05) is 0 Å². The van der Waals surface area contributed by atoms with Crippen molar-refractivity contribution in [3.05, 3.63) is 34.9 Å². The first-order chi connectivity index (χ1) is 8.23. The second-order valence-corrected chi connectivity index (χ2v) is 5.36. The molecule has 0 saturated heterocycles. The third-order valence-electron chi connectivity index (χ3n) is 4.25. The van der Waals surface area contributed by atoms with Gasteiger partial charge in [-0.1, -0.05) is 25.1 Å². The summed E-state index contributed by atoms with van der Waals surface area (Å²) in [4.78, 5) is 0. The van der Waals surface area contributed by atoms with Crippen LogP contribution in [0.5, 0.6) is 0 Å². The van der Waals surface area contributed by atoms with Gasteiger partial charge in [-0.2, -0.15) is 0 Å². The summed E-state index contributed by atoms with van der Waals surface area (Å²) < 4.78 is 0. The molecule has 2 heteroatoms. The zero-order valence-electron chi connectivity index (χ0n) is 10.7. The molecule has 0 fully saturated rings. The van der Waals surface area contributed by atoms with Crippen LogP contribution >= 0.6 is 0 Å². The Morgan fingerprint density at radius 1 is 1.29 bits per heavy atom. The lowest BCUT2D eigenvalue weighted by Crippen LogP contribution is -2.21. The van der Waals surface area contributed by atoms with Gasteiger partial charge >= 0.3 is 0 Å². The van der Waals surface area contributed by atoms with Crippen LogP contribution in [0.25, 0.3) is 0 Å². The van der Waals surface area contributed by atoms with Gasteiger partial charge in [0.05, 0.1) is 6.61 Å². The maximum Gasteiger partial charge on any atom is 0.0681 e. The molecule has 0 amide bonds. The van der Waals surface area contributed by atoms with Crippen molar-refractivity contribution in [1.29, 1.82) is 0 Å². The summed E-state index contributed by atoms with van der Waals surface area (Å²) in [7, 11) is 0. The quantitative estimate of drug-likeness (QED) is 0.820. The van der Waals surface area contributed by atoms with Crippen LogP contribution in [0.1, 0.15) is 42.9 Å². The fraction of sp³-hybridized carbons (Fsp3) is 0.600. The number of hydrogen-bond acceptors (Lipinski definition) is 2. The monoisotopic (exact) mass is 233 g/mol. The smallest absolute Gasteiger partial charge is 0.0681 e. The highest BCUT2D eigenvalue weighted by molar-refractivity contribution is 5.37. The van der Waals surface area contributed by atoms with E-state index in [9.17, 15) is 5.11 Å². The molecule has 1 unspecified atom stereocenters. The maximum atomic E-state index is 9.18. The second-order valence-electron chi connectivity index (χ2n) is 5.36. The maximum absolute atomic E-state index is 9.18. The number of aliphatic hydroxyl groups is 1. The molecule has 2 nitrogen and oxygen atoms in total. The summed E-state index contributed by atoms with van der Waals surface area (Å²) in [5.41, 5.74) is 10.0. The summed E-state index contributed by atoms with van der Waals surface area (Å²) in [6.45, 7) is 3.23. The van der Waals surface area contributed by atoms with Gasteiger partial charge in [-0.3, -0.25) is 0 Å². The lowest BCUT2D eigenvalue weighted by atomic mass is 9.78. The van der Waals surface area contributed by atoms with Crippen LogP contribution in [0.3, 0.4) is 0 Å². The molecule has 1 aromatic rings. The van der Waals surface area contributed by atoms with E-state index in [1.807, 2.05) is 6.07 Å². The Balaban J connectivity index is 2.17. The van der Waals surface area contributed by atoms with Crippen LogP contribution < -0.4 is 5.73 Å². The van der Waals surface area contributed by atoms with Crippen LogP contribution in [0, 0.1) is 5.41 Å². The Kier molecular flexibility index (Phi) is 3.85. The summed E-state index contributed by atoms with van der Waals surface area (Å²) >= 11 is 0. The van der Waals surface area contributed by atoms with Crippen molar-refractivity contribution in [2.45, 2.75) is 45.6 Å². The highest BCUT2D eigenvalue weighted by Gasteiger charge is 2.34. The third kappa shape index (κ3) is 2.53. The highest BCUT2D eigenvalue weighted by Crippen LogP contribution is 2.43. The largest absolute Gasteiger partial charge is 0.392 e. The molecule has 2 rings (SSSR count). The van der Waals surface area contributed by atoms with Crippen molar-refractivity contribution < 1.29 is 5.11 Å². The SMILES string of the molecule is CCC1(CCCN)Cc2ccc(CO)cc2C1. The molecule has 0 saturated carbocycles. The minimum absolute atomic E-state index is 0.148. The molecule has 1 aromatic carbocycles. The summed E-state index contributed by atoms with van der Waals surface area (Å²) in [5.74, 6) is 0. The zero-order valence-corrected chi connectivity index (χ0v) is 10.7. The predicted octanol–water partition coefficient (Wildman–Crippen LogP) is 2.41. The first kappa shape index (κ1) is 12.6. The second kappa shape index (κ2) is 5.19. The number of aliphatic hydroxyl groups excluding tert-OH is 1. The third-order valence-corrected chi connectivity index (χ3v) is 4.25. The summed E-state index contributed by atoms with van der Waals surface area (Å²) in [6.07, 6.45) is 5.91. The Bertz CT molecular complexity index is 389. The lowest BCUT2D eigenvalue weighted by molar-refractivity contribution is 0.261.